The van der Waals surface area contributed by atoms with E-state index in [0.29, 0.717) is 11.6 Å². The number of nitrogens with zero attached hydrogens (tertiary/aromatic N) is 4. The van der Waals surface area contributed by atoms with E-state index in [1.807, 2.05) is 54.6 Å². The predicted octanol–water partition coefficient (Wildman–Crippen LogP) is 11.9. The van der Waals surface area contributed by atoms with Gasteiger partial charge in [-0.1, -0.05) is 127 Å². The Hall–Kier alpha value is -6.50. The van der Waals surface area contributed by atoms with Gasteiger partial charge in [-0.05, 0) is 30.3 Å². The molecule has 0 radical (unpaired) electrons. The lowest BCUT2D eigenvalue weighted by Crippen LogP contribution is -1.95. The molecule has 5 nitrogen and oxygen atoms in total. The number of fused-ring (bicyclic) bond motifs is 6. The fourth-order valence-electron chi connectivity index (χ4n) is 6.71. The number of para-hydroxylation sites is 1. The van der Waals surface area contributed by atoms with E-state index in [0.717, 1.165) is 82.4 Å². The summed E-state index contributed by atoms with van der Waals surface area (Å²) in [5.74, 6) is 1.32. The van der Waals surface area contributed by atoms with Crippen molar-refractivity contribution in [1.82, 2.24) is 19.9 Å². The van der Waals surface area contributed by atoms with E-state index in [9.17, 15) is 0 Å². The van der Waals surface area contributed by atoms with Crippen LogP contribution in [0, 0.1) is 0 Å². The Labute approximate surface area is 291 Å². The van der Waals surface area contributed by atoms with Crippen molar-refractivity contribution in [2.75, 3.05) is 0 Å². The minimum Gasteiger partial charge on any atom is -0.455 e. The van der Waals surface area contributed by atoms with Crippen molar-refractivity contribution >= 4 is 53.6 Å². The first-order chi connectivity index (χ1) is 24.8. The summed E-state index contributed by atoms with van der Waals surface area (Å²) >= 11 is 1.73. The maximum Gasteiger partial charge on any atom is 0.164 e. The Bertz CT molecular complexity index is 2810. The molecule has 0 fully saturated rings. The monoisotopic (exact) mass is 658 g/mol. The zero-order valence-corrected chi connectivity index (χ0v) is 27.4. The normalized spacial score (nSPS) is 11.6. The van der Waals surface area contributed by atoms with Crippen LogP contribution in [-0.2, 0) is 0 Å². The van der Waals surface area contributed by atoms with Crippen LogP contribution in [0.15, 0.2) is 162 Å². The van der Waals surface area contributed by atoms with Crippen molar-refractivity contribution in [3.05, 3.63) is 158 Å². The van der Waals surface area contributed by atoms with Gasteiger partial charge in [0.15, 0.2) is 11.6 Å². The Morgan fingerprint density at radius 2 is 1.10 bits per heavy atom. The first-order valence-corrected chi connectivity index (χ1v) is 17.3. The second-order valence-electron chi connectivity index (χ2n) is 12.2. The van der Waals surface area contributed by atoms with Crippen LogP contribution in [0.1, 0.15) is 0 Å². The summed E-state index contributed by atoms with van der Waals surface area (Å²) in [5.41, 5.74) is 9.97. The second-order valence-corrected chi connectivity index (χ2v) is 13.3. The van der Waals surface area contributed by atoms with Crippen LogP contribution < -0.4 is 0 Å². The maximum atomic E-state index is 6.74. The van der Waals surface area contributed by atoms with E-state index in [2.05, 4.69) is 103 Å². The molecule has 10 aromatic rings. The van der Waals surface area contributed by atoms with Crippen LogP contribution in [0.3, 0.4) is 0 Å². The molecule has 0 aliphatic carbocycles. The summed E-state index contributed by atoms with van der Waals surface area (Å²) in [6, 6.07) is 53.7. The molecular formula is C44H26N4OS. The van der Waals surface area contributed by atoms with Crippen molar-refractivity contribution in [3.8, 4) is 56.5 Å². The minimum atomic E-state index is 0.639. The largest absolute Gasteiger partial charge is 0.455 e. The van der Waals surface area contributed by atoms with Gasteiger partial charge in [-0.25, -0.2) is 19.9 Å². The summed E-state index contributed by atoms with van der Waals surface area (Å²) < 4.78 is 9.01. The molecule has 0 bridgehead atoms. The average molecular weight is 659 g/mol. The van der Waals surface area contributed by atoms with Crippen LogP contribution in [-0.4, -0.2) is 19.9 Å². The van der Waals surface area contributed by atoms with E-state index in [4.69, 9.17) is 24.4 Å². The molecule has 0 spiro atoms. The fraction of sp³-hybridized carbons (Fsp3) is 0. The number of aromatic nitrogens is 4. The summed E-state index contributed by atoms with van der Waals surface area (Å²) in [6.45, 7) is 0. The lowest BCUT2D eigenvalue weighted by Gasteiger charge is -2.09. The van der Waals surface area contributed by atoms with Gasteiger partial charge >= 0.3 is 0 Å². The Morgan fingerprint density at radius 3 is 1.88 bits per heavy atom. The van der Waals surface area contributed by atoms with Gasteiger partial charge in [0.1, 0.15) is 11.2 Å². The van der Waals surface area contributed by atoms with Crippen LogP contribution in [0.2, 0.25) is 0 Å². The first-order valence-electron chi connectivity index (χ1n) is 16.5. The molecule has 0 saturated carbocycles. The molecule has 0 saturated heterocycles. The predicted molar refractivity (Wildman–Crippen MR) is 205 cm³/mol. The summed E-state index contributed by atoms with van der Waals surface area (Å²) in [5, 5.41) is 3.17. The van der Waals surface area contributed by atoms with Gasteiger partial charge in [-0.3, -0.25) is 0 Å². The maximum absolute atomic E-state index is 6.74. The second kappa shape index (κ2) is 11.6. The lowest BCUT2D eigenvalue weighted by atomic mass is 10.0. The zero-order valence-electron chi connectivity index (χ0n) is 26.6. The number of hydrogen-bond acceptors (Lipinski definition) is 6. The quantitative estimate of drug-likeness (QED) is 0.184. The van der Waals surface area contributed by atoms with Gasteiger partial charge in [-0.2, -0.15) is 0 Å². The average Bonchev–Trinajstić information content (AvgIpc) is 3.76. The highest BCUT2D eigenvalue weighted by Crippen LogP contribution is 2.42. The molecule has 0 N–H and O–H groups in total. The van der Waals surface area contributed by atoms with Crippen LogP contribution in [0.4, 0.5) is 0 Å². The topological polar surface area (TPSA) is 64.7 Å². The van der Waals surface area contributed by atoms with Crippen molar-refractivity contribution in [2.45, 2.75) is 0 Å². The minimum absolute atomic E-state index is 0.639. The smallest absolute Gasteiger partial charge is 0.164 e. The Morgan fingerprint density at radius 1 is 0.440 bits per heavy atom. The van der Waals surface area contributed by atoms with Gasteiger partial charge in [-0.15, -0.1) is 11.3 Å². The van der Waals surface area contributed by atoms with Gasteiger partial charge < -0.3 is 4.42 Å². The Kier molecular flexibility index (Phi) is 6.60. The fourth-order valence-corrected chi connectivity index (χ4v) is 7.86. The molecule has 10 rings (SSSR count). The number of thiophene rings is 1. The van der Waals surface area contributed by atoms with E-state index < -0.39 is 0 Å². The molecule has 0 amide bonds. The molecule has 4 aromatic heterocycles. The number of rotatable bonds is 5. The Balaban J connectivity index is 1.15. The van der Waals surface area contributed by atoms with Gasteiger partial charge in [0.05, 0.1) is 32.9 Å². The molecule has 0 atom stereocenters. The molecule has 50 heavy (non-hydrogen) atoms. The summed E-state index contributed by atoms with van der Waals surface area (Å²) in [4.78, 5) is 20.4. The third-order valence-electron chi connectivity index (χ3n) is 9.13. The van der Waals surface area contributed by atoms with Crippen molar-refractivity contribution in [3.63, 3.8) is 0 Å². The highest BCUT2D eigenvalue weighted by atomic mass is 32.1. The van der Waals surface area contributed by atoms with Gasteiger partial charge in [0.2, 0.25) is 0 Å². The summed E-state index contributed by atoms with van der Waals surface area (Å²) in [6.07, 6.45) is 0. The van der Waals surface area contributed by atoms with E-state index in [1.54, 1.807) is 11.3 Å². The summed E-state index contributed by atoms with van der Waals surface area (Å²) in [7, 11) is 0. The molecular weight excluding hydrogens is 633 g/mol. The third kappa shape index (κ3) is 4.77. The van der Waals surface area contributed by atoms with Crippen LogP contribution in [0.25, 0.3) is 98.8 Å². The van der Waals surface area contributed by atoms with Crippen molar-refractivity contribution in [2.24, 2.45) is 0 Å². The van der Waals surface area contributed by atoms with Crippen LogP contribution in [0.5, 0.6) is 0 Å². The molecule has 4 heterocycles. The zero-order chi connectivity index (χ0) is 33.0. The standard InChI is InChI=1S/C44H26N4OS/c1-4-13-27(14-5-1)35-26-36(46-43(45-35)29-17-8-3-9-18-29)30-23-24-31-32-20-12-21-34(41(32)49-37(31)25-30)44-47-39(28-15-6-2-7-16-28)42-40(48-44)33-19-10-11-22-38(33)50-42/h1-26H. The highest BCUT2D eigenvalue weighted by molar-refractivity contribution is 7.26. The molecule has 0 aliphatic rings. The van der Waals surface area contributed by atoms with E-state index in [-0.39, 0.29) is 0 Å². The van der Waals surface area contributed by atoms with E-state index >= 15 is 0 Å². The highest BCUT2D eigenvalue weighted by Gasteiger charge is 2.20. The van der Waals surface area contributed by atoms with Gasteiger partial charge in [0, 0.05) is 43.1 Å². The van der Waals surface area contributed by atoms with Gasteiger partial charge in [0.25, 0.3) is 0 Å². The molecule has 0 aliphatic heterocycles. The van der Waals surface area contributed by atoms with Crippen molar-refractivity contribution < 1.29 is 4.42 Å². The molecule has 6 heteroatoms. The van der Waals surface area contributed by atoms with Crippen molar-refractivity contribution in [1.29, 1.82) is 0 Å². The third-order valence-corrected chi connectivity index (χ3v) is 10.3. The number of benzene rings is 6. The first kappa shape index (κ1) is 28.5. The van der Waals surface area contributed by atoms with Crippen LogP contribution >= 0.6 is 11.3 Å². The molecule has 234 valence electrons. The number of furan rings is 1. The lowest BCUT2D eigenvalue weighted by molar-refractivity contribution is 0.669. The SMILES string of the molecule is c1ccc(-c2cc(-c3ccc4c(c3)oc3c(-c5nc(-c6ccccc6)c6sc7ccccc7c6n5)cccc34)nc(-c3ccccc3)n2)cc1. The number of hydrogen-bond donors (Lipinski definition) is 0. The van der Waals surface area contributed by atoms with E-state index in [1.165, 1.54) is 4.70 Å². The molecule has 6 aromatic carbocycles. The molecule has 0 unspecified atom stereocenters.